The van der Waals surface area contributed by atoms with Gasteiger partial charge in [0.25, 0.3) is 5.22 Å². The Morgan fingerprint density at radius 1 is 1.38 bits per heavy atom. The molecule has 1 amide bonds. The first-order chi connectivity index (χ1) is 11.8. The first-order valence-electron chi connectivity index (χ1n) is 7.40. The number of pyridine rings is 1. The van der Waals surface area contributed by atoms with Crippen LogP contribution in [-0.2, 0) is 17.8 Å². The second kappa shape index (κ2) is 7.73. The van der Waals surface area contributed by atoms with Crippen LogP contribution in [0.2, 0.25) is 0 Å². The molecule has 9 heteroatoms. The molecule has 1 N–H and O–H groups in total. The molecule has 0 aliphatic heterocycles. The van der Waals surface area contributed by atoms with E-state index in [2.05, 4.69) is 25.5 Å². The molecule has 0 fully saturated rings. The molecule has 8 nitrogen and oxygen atoms in total. The Labute approximate surface area is 142 Å². The molecule has 0 saturated carbocycles. The maximum absolute atomic E-state index is 12.0. The fourth-order valence-corrected chi connectivity index (χ4v) is 2.61. The lowest BCUT2D eigenvalue weighted by molar-refractivity contribution is -0.118. The summed E-state index contributed by atoms with van der Waals surface area (Å²) < 4.78 is 7.16. The van der Waals surface area contributed by atoms with Crippen molar-refractivity contribution in [3.8, 4) is 5.82 Å². The van der Waals surface area contributed by atoms with E-state index in [-0.39, 0.29) is 11.7 Å². The topological polar surface area (TPSA) is 98.7 Å². The smallest absolute Gasteiger partial charge is 0.277 e. The molecule has 0 aliphatic rings. The number of amides is 1. The van der Waals surface area contributed by atoms with Gasteiger partial charge in [0.1, 0.15) is 12.1 Å². The van der Waals surface area contributed by atoms with Crippen molar-refractivity contribution >= 4 is 17.7 Å². The van der Waals surface area contributed by atoms with E-state index in [1.165, 1.54) is 11.8 Å². The van der Waals surface area contributed by atoms with Gasteiger partial charge in [0.2, 0.25) is 11.8 Å². The fraction of sp³-hybridized carbons (Fsp3) is 0.267. The number of rotatable bonds is 7. The monoisotopic (exact) mass is 344 g/mol. The number of thioether (sulfide) groups is 1. The van der Waals surface area contributed by atoms with Crippen LogP contribution in [0, 0.1) is 0 Å². The zero-order valence-corrected chi connectivity index (χ0v) is 13.9. The second-order valence-corrected chi connectivity index (χ2v) is 5.76. The molecule has 0 saturated heterocycles. The zero-order valence-electron chi connectivity index (χ0n) is 13.0. The summed E-state index contributed by atoms with van der Waals surface area (Å²) in [4.78, 5) is 20.4. The Bertz CT molecular complexity index is 802. The molecule has 0 radical (unpaired) electrons. The van der Waals surface area contributed by atoms with Gasteiger partial charge in [0, 0.05) is 37.1 Å². The van der Waals surface area contributed by atoms with Crippen LogP contribution < -0.4 is 5.32 Å². The van der Waals surface area contributed by atoms with Crippen LogP contribution in [0.1, 0.15) is 18.4 Å². The molecule has 3 heterocycles. The van der Waals surface area contributed by atoms with Gasteiger partial charge in [-0.2, -0.15) is 0 Å². The molecule has 3 rings (SSSR count). The maximum atomic E-state index is 12.0. The van der Waals surface area contributed by atoms with Gasteiger partial charge >= 0.3 is 0 Å². The van der Waals surface area contributed by atoms with Crippen molar-refractivity contribution in [3.05, 3.63) is 48.5 Å². The standard InChI is InChI=1S/C15H16N6O2S/c1-2-13-19-20-15(23-13)24-9-12(22)18-8-11-4-3-5-17-14(11)21-7-6-16-10-21/h3-7,10H,2,8-9H2,1H3,(H,18,22). The number of aromatic nitrogens is 5. The number of nitrogens with zero attached hydrogens (tertiary/aromatic N) is 5. The summed E-state index contributed by atoms with van der Waals surface area (Å²) >= 11 is 1.22. The van der Waals surface area contributed by atoms with Gasteiger partial charge < -0.3 is 9.73 Å². The highest BCUT2D eigenvalue weighted by atomic mass is 32.2. The summed E-state index contributed by atoms with van der Waals surface area (Å²) in [5.41, 5.74) is 0.903. The van der Waals surface area contributed by atoms with Gasteiger partial charge in [0.05, 0.1) is 5.75 Å². The largest absolute Gasteiger partial charge is 0.416 e. The van der Waals surface area contributed by atoms with E-state index in [9.17, 15) is 4.79 Å². The van der Waals surface area contributed by atoms with Crippen LogP contribution in [0.25, 0.3) is 5.82 Å². The Hall–Kier alpha value is -2.68. The predicted octanol–water partition coefficient (Wildman–Crippen LogP) is 1.62. The van der Waals surface area contributed by atoms with Crippen molar-refractivity contribution in [1.82, 2.24) is 30.0 Å². The quantitative estimate of drug-likeness (QED) is 0.650. The maximum Gasteiger partial charge on any atom is 0.277 e. The highest BCUT2D eigenvalue weighted by molar-refractivity contribution is 7.99. The first kappa shape index (κ1) is 16.2. The average Bonchev–Trinajstić information content (AvgIpc) is 3.30. The average molecular weight is 344 g/mol. The molecule has 24 heavy (non-hydrogen) atoms. The zero-order chi connectivity index (χ0) is 16.8. The van der Waals surface area contributed by atoms with Gasteiger partial charge in [-0.1, -0.05) is 24.8 Å². The van der Waals surface area contributed by atoms with Crippen LogP contribution >= 0.6 is 11.8 Å². The number of carbonyl (C=O) groups excluding carboxylic acids is 1. The SMILES string of the molecule is CCc1nnc(SCC(=O)NCc2cccnc2-n2ccnc2)o1. The van der Waals surface area contributed by atoms with Crippen molar-refractivity contribution in [1.29, 1.82) is 0 Å². The predicted molar refractivity (Wildman–Crippen MR) is 87.6 cm³/mol. The summed E-state index contributed by atoms with van der Waals surface area (Å²) in [6, 6.07) is 3.75. The molecule has 3 aromatic heterocycles. The normalized spacial score (nSPS) is 10.7. The van der Waals surface area contributed by atoms with Gasteiger partial charge in [-0.25, -0.2) is 9.97 Å². The van der Waals surface area contributed by atoms with Crippen LogP contribution in [0.4, 0.5) is 0 Å². The summed E-state index contributed by atoms with van der Waals surface area (Å²) in [6.07, 6.45) is 7.55. The van der Waals surface area contributed by atoms with E-state index in [4.69, 9.17) is 4.42 Å². The van der Waals surface area contributed by atoms with E-state index in [0.717, 1.165) is 11.4 Å². The summed E-state index contributed by atoms with van der Waals surface area (Å²) in [7, 11) is 0. The molecule has 3 aromatic rings. The molecule has 0 unspecified atom stereocenters. The molecular formula is C15H16N6O2S. The van der Waals surface area contributed by atoms with Crippen LogP contribution in [0.15, 0.2) is 46.7 Å². The van der Waals surface area contributed by atoms with Gasteiger partial charge in [-0.15, -0.1) is 10.2 Å². The van der Waals surface area contributed by atoms with Gasteiger partial charge in [-0.05, 0) is 6.07 Å². The number of nitrogens with one attached hydrogen (secondary N) is 1. The Kier molecular flexibility index (Phi) is 5.22. The van der Waals surface area contributed by atoms with E-state index in [1.54, 1.807) is 23.3 Å². The lowest BCUT2D eigenvalue weighted by atomic mass is 10.2. The molecule has 0 spiro atoms. The Morgan fingerprint density at radius 3 is 3.04 bits per heavy atom. The van der Waals surface area contributed by atoms with E-state index in [0.29, 0.717) is 24.1 Å². The summed E-state index contributed by atoms with van der Waals surface area (Å²) in [5, 5.41) is 11.0. The van der Waals surface area contributed by atoms with E-state index < -0.39 is 0 Å². The minimum absolute atomic E-state index is 0.114. The first-order valence-corrected chi connectivity index (χ1v) is 8.39. The molecular weight excluding hydrogens is 328 g/mol. The summed E-state index contributed by atoms with van der Waals surface area (Å²) in [5.74, 6) is 1.41. The number of hydrogen-bond donors (Lipinski definition) is 1. The van der Waals surface area contributed by atoms with Crippen molar-refractivity contribution in [2.24, 2.45) is 0 Å². The Morgan fingerprint density at radius 2 is 2.29 bits per heavy atom. The third-order valence-corrected chi connectivity index (χ3v) is 3.99. The van der Waals surface area contributed by atoms with Crippen LogP contribution in [-0.4, -0.2) is 36.4 Å². The Balaban J connectivity index is 1.55. The van der Waals surface area contributed by atoms with E-state index in [1.807, 2.05) is 25.3 Å². The van der Waals surface area contributed by atoms with Gasteiger partial charge in [0.15, 0.2) is 0 Å². The molecule has 0 bridgehead atoms. The van der Waals surface area contributed by atoms with Crippen molar-refractivity contribution in [2.75, 3.05) is 5.75 Å². The third-order valence-electron chi connectivity index (χ3n) is 3.17. The molecule has 0 atom stereocenters. The summed E-state index contributed by atoms with van der Waals surface area (Å²) in [6.45, 7) is 2.31. The lowest BCUT2D eigenvalue weighted by Crippen LogP contribution is -2.25. The van der Waals surface area contributed by atoms with Crippen molar-refractivity contribution in [2.45, 2.75) is 25.1 Å². The minimum atomic E-state index is -0.114. The third kappa shape index (κ3) is 3.99. The molecule has 0 aromatic carbocycles. The lowest BCUT2D eigenvalue weighted by Gasteiger charge is -2.09. The second-order valence-electron chi connectivity index (χ2n) is 4.84. The van der Waals surface area contributed by atoms with E-state index >= 15 is 0 Å². The van der Waals surface area contributed by atoms with Crippen LogP contribution in [0.5, 0.6) is 0 Å². The number of carbonyl (C=O) groups is 1. The number of imidazole rings is 1. The molecule has 124 valence electrons. The van der Waals surface area contributed by atoms with Gasteiger partial charge in [-0.3, -0.25) is 9.36 Å². The van der Waals surface area contributed by atoms with Crippen molar-refractivity contribution < 1.29 is 9.21 Å². The number of hydrogen-bond acceptors (Lipinski definition) is 7. The fourth-order valence-electron chi connectivity index (χ4n) is 2.00. The minimum Gasteiger partial charge on any atom is -0.416 e. The van der Waals surface area contributed by atoms with Crippen LogP contribution in [0.3, 0.4) is 0 Å². The van der Waals surface area contributed by atoms with Crippen molar-refractivity contribution in [3.63, 3.8) is 0 Å². The number of aryl methyl sites for hydroxylation is 1. The highest BCUT2D eigenvalue weighted by Gasteiger charge is 2.10. The molecule has 0 aliphatic carbocycles. The highest BCUT2D eigenvalue weighted by Crippen LogP contribution is 2.16.